The molecule has 1 aromatic rings. The number of hydrogen-bond acceptors (Lipinski definition) is 2. The van der Waals surface area contributed by atoms with Crippen LogP contribution in [0.3, 0.4) is 0 Å². The molecule has 2 heterocycles. The minimum absolute atomic E-state index is 0.0949. The SMILES string of the molecule is CCCC(=O)NC1=C2C=c3ccccc3=CN2C=CC1. The van der Waals surface area contributed by atoms with E-state index in [1.54, 1.807) is 0 Å². The standard InChI is InChI=1S/C17H18N2O/c1-2-6-17(20)18-15-9-5-10-19-12-14-8-4-3-7-13(14)11-16(15)19/h3-5,7-8,10-12H,2,6,9H2,1H3,(H,18,20). The summed E-state index contributed by atoms with van der Waals surface area (Å²) in [4.78, 5) is 13.9. The van der Waals surface area contributed by atoms with E-state index in [4.69, 9.17) is 0 Å². The highest BCUT2D eigenvalue weighted by molar-refractivity contribution is 5.78. The number of nitrogens with zero attached hydrogens (tertiary/aromatic N) is 1. The number of nitrogens with one attached hydrogen (secondary N) is 1. The van der Waals surface area contributed by atoms with Gasteiger partial charge in [-0.05, 0) is 22.9 Å². The van der Waals surface area contributed by atoms with Gasteiger partial charge < -0.3 is 10.2 Å². The molecule has 20 heavy (non-hydrogen) atoms. The Labute approximate surface area is 118 Å². The van der Waals surface area contributed by atoms with Gasteiger partial charge in [-0.2, -0.15) is 0 Å². The quantitative estimate of drug-likeness (QED) is 0.900. The summed E-state index contributed by atoms with van der Waals surface area (Å²) < 4.78 is 0. The zero-order chi connectivity index (χ0) is 13.9. The Balaban J connectivity index is 2.01. The number of amides is 1. The summed E-state index contributed by atoms with van der Waals surface area (Å²) in [6.45, 7) is 2.02. The Bertz CT molecular complexity index is 713. The summed E-state index contributed by atoms with van der Waals surface area (Å²) in [5.74, 6) is 0.0949. The lowest BCUT2D eigenvalue weighted by Gasteiger charge is -2.27. The van der Waals surface area contributed by atoms with Gasteiger partial charge in [0.05, 0.1) is 5.70 Å². The van der Waals surface area contributed by atoms with Crippen LogP contribution in [0.4, 0.5) is 0 Å². The topological polar surface area (TPSA) is 32.3 Å². The van der Waals surface area contributed by atoms with Gasteiger partial charge in [0.15, 0.2) is 0 Å². The minimum Gasteiger partial charge on any atom is -0.327 e. The largest absolute Gasteiger partial charge is 0.327 e. The molecule has 0 aromatic heterocycles. The van der Waals surface area contributed by atoms with Crippen LogP contribution in [0.5, 0.6) is 0 Å². The number of fused-ring (bicyclic) bond motifs is 2. The van der Waals surface area contributed by atoms with Crippen LogP contribution in [0.15, 0.2) is 47.9 Å². The van der Waals surface area contributed by atoms with E-state index in [9.17, 15) is 4.79 Å². The van der Waals surface area contributed by atoms with E-state index in [0.717, 1.165) is 24.2 Å². The van der Waals surface area contributed by atoms with Crippen molar-refractivity contribution in [2.45, 2.75) is 26.2 Å². The maximum Gasteiger partial charge on any atom is 0.224 e. The second-order valence-electron chi connectivity index (χ2n) is 5.06. The minimum atomic E-state index is 0.0949. The number of allylic oxidation sites excluding steroid dienone is 2. The van der Waals surface area contributed by atoms with Crippen LogP contribution in [-0.4, -0.2) is 10.8 Å². The van der Waals surface area contributed by atoms with Gasteiger partial charge >= 0.3 is 0 Å². The third-order valence-corrected chi connectivity index (χ3v) is 3.51. The van der Waals surface area contributed by atoms with E-state index in [-0.39, 0.29) is 5.91 Å². The molecule has 3 rings (SSSR count). The average molecular weight is 266 g/mol. The molecule has 1 amide bonds. The Morgan fingerprint density at radius 3 is 2.90 bits per heavy atom. The highest BCUT2D eigenvalue weighted by Gasteiger charge is 2.16. The molecule has 2 aliphatic rings. The van der Waals surface area contributed by atoms with Crippen molar-refractivity contribution in [3.63, 3.8) is 0 Å². The summed E-state index contributed by atoms with van der Waals surface area (Å²) in [6, 6.07) is 8.27. The second-order valence-corrected chi connectivity index (χ2v) is 5.06. The normalized spacial score (nSPS) is 15.9. The van der Waals surface area contributed by atoms with E-state index in [1.165, 1.54) is 10.4 Å². The third kappa shape index (κ3) is 2.39. The molecular weight excluding hydrogens is 248 g/mol. The van der Waals surface area contributed by atoms with Crippen LogP contribution in [-0.2, 0) is 4.79 Å². The van der Waals surface area contributed by atoms with Crippen LogP contribution in [0.25, 0.3) is 12.3 Å². The monoisotopic (exact) mass is 266 g/mol. The predicted octanol–water partition coefficient (Wildman–Crippen LogP) is 1.57. The zero-order valence-electron chi connectivity index (χ0n) is 11.6. The molecule has 0 atom stereocenters. The zero-order valence-corrected chi connectivity index (χ0v) is 11.6. The molecular formula is C17H18N2O. The first-order valence-electron chi connectivity index (χ1n) is 7.04. The van der Waals surface area contributed by atoms with E-state index in [0.29, 0.717) is 6.42 Å². The fourth-order valence-electron chi connectivity index (χ4n) is 2.53. The Kier molecular flexibility index (Phi) is 3.42. The lowest BCUT2D eigenvalue weighted by molar-refractivity contribution is -0.120. The summed E-state index contributed by atoms with van der Waals surface area (Å²) in [5.41, 5.74) is 2.05. The van der Waals surface area contributed by atoms with E-state index in [2.05, 4.69) is 46.9 Å². The first-order valence-corrected chi connectivity index (χ1v) is 7.04. The number of carbonyl (C=O) groups is 1. The van der Waals surface area contributed by atoms with Crippen LogP contribution in [0.1, 0.15) is 26.2 Å². The van der Waals surface area contributed by atoms with Crippen molar-refractivity contribution in [2.24, 2.45) is 0 Å². The highest BCUT2D eigenvalue weighted by Crippen LogP contribution is 2.21. The molecule has 0 radical (unpaired) electrons. The number of rotatable bonds is 3. The molecule has 3 heteroatoms. The molecule has 1 N–H and O–H groups in total. The number of benzene rings is 1. The lowest BCUT2D eigenvalue weighted by Crippen LogP contribution is -2.35. The Hall–Kier alpha value is -2.29. The molecule has 3 nitrogen and oxygen atoms in total. The smallest absolute Gasteiger partial charge is 0.224 e. The maximum atomic E-state index is 11.8. The van der Waals surface area contributed by atoms with Crippen molar-refractivity contribution < 1.29 is 4.79 Å². The van der Waals surface area contributed by atoms with Crippen molar-refractivity contribution in [1.29, 1.82) is 0 Å². The molecule has 0 aliphatic carbocycles. The van der Waals surface area contributed by atoms with Crippen LogP contribution in [0, 0.1) is 0 Å². The van der Waals surface area contributed by atoms with Crippen molar-refractivity contribution in [3.05, 3.63) is 58.4 Å². The van der Waals surface area contributed by atoms with E-state index >= 15 is 0 Å². The van der Waals surface area contributed by atoms with E-state index in [1.807, 2.05) is 19.1 Å². The molecule has 102 valence electrons. The second kappa shape index (κ2) is 5.37. The molecule has 0 saturated carbocycles. The summed E-state index contributed by atoms with van der Waals surface area (Å²) in [5, 5.41) is 5.43. The fraction of sp³-hybridized carbons (Fsp3) is 0.235. The molecule has 0 spiro atoms. The Morgan fingerprint density at radius 2 is 2.10 bits per heavy atom. The first kappa shape index (κ1) is 12.7. The Morgan fingerprint density at radius 1 is 1.30 bits per heavy atom. The summed E-state index contributed by atoms with van der Waals surface area (Å²) in [6.07, 6.45) is 10.6. The molecule has 0 bridgehead atoms. The van der Waals surface area contributed by atoms with E-state index < -0.39 is 0 Å². The maximum absolute atomic E-state index is 11.8. The van der Waals surface area contributed by atoms with Crippen molar-refractivity contribution in [1.82, 2.24) is 10.2 Å². The highest BCUT2D eigenvalue weighted by atomic mass is 16.1. The van der Waals surface area contributed by atoms with Crippen molar-refractivity contribution >= 4 is 18.2 Å². The summed E-state index contributed by atoms with van der Waals surface area (Å²) >= 11 is 0. The van der Waals surface area contributed by atoms with Crippen molar-refractivity contribution in [2.75, 3.05) is 0 Å². The van der Waals surface area contributed by atoms with Gasteiger partial charge in [-0.25, -0.2) is 0 Å². The predicted molar refractivity (Wildman–Crippen MR) is 80.3 cm³/mol. The molecule has 2 aliphatic heterocycles. The van der Waals surface area contributed by atoms with Gasteiger partial charge in [-0.3, -0.25) is 4.79 Å². The summed E-state index contributed by atoms with van der Waals surface area (Å²) in [7, 11) is 0. The van der Waals surface area contributed by atoms with Crippen LogP contribution < -0.4 is 15.8 Å². The van der Waals surface area contributed by atoms with Gasteiger partial charge in [-0.1, -0.05) is 37.3 Å². The molecule has 0 saturated heterocycles. The number of carbonyl (C=O) groups excluding carboxylic acids is 1. The van der Waals surface area contributed by atoms with Gasteiger partial charge in [-0.15, -0.1) is 0 Å². The van der Waals surface area contributed by atoms with Crippen molar-refractivity contribution in [3.8, 4) is 0 Å². The van der Waals surface area contributed by atoms with Gasteiger partial charge in [0.1, 0.15) is 0 Å². The third-order valence-electron chi connectivity index (χ3n) is 3.51. The fourth-order valence-corrected chi connectivity index (χ4v) is 2.53. The van der Waals surface area contributed by atoms with Gasteiger partial charge in [0, 0.05) is 30.9 Å². The first-order chi connectivity index (χ1) is 9.78. The van der Waals surface area contributed by atoms with Crippen LogP contribution >= 0.6 is 0 Å². The van der Waals surface area contributed by atoms with Gasteiger partial charge in [0.2, 0.25) is 5.91 Å². The average Bonchev–Trinajstić information content (AvgIpc) is 2.46. The number of hydrogen-bond donors (Lipinski definition) is 1. The molecule has 1 aromatic carbocycles. The molecule has 0 unspecified atom stereocenters. The van der Waals surface area contributed by atoms with Crippen LogP contribution in [0.2, 0.25) is 0 Å². The lowest BCUT2D eigenvalue weighted by atomic mass is 10.1. The molecule has 0 fully saturated rings. The van der Waals surface area contributed by atoms with Gasteiger partial charge in [0.25, 0.3) is 0 Å².